The fourth-order valence-electron chi connectivity index (χ4n) is 7.83. The standard InChI is InChI=1S/C27H35FN8O2S/c1-34(18-4-2-5-19(18)37)23-31-24(33-25(32-23)38-15-27-7-3-9-36(27)12-16(28)10-27)35-13-26(14-35)8-6-20-21(26)17(11-29)22(30)39-20/h16,18-19,37H,2-10,12-15,30H2,1H3/t16?,18-,19+,27+/m1/s1. The molecule has 3 saturated heterocycles. The van der Waals surface area contributed by atoms with Crippen molar-refractivity contribution in [3.63, 3.8) is 0 Å². The lowest BCUT2D eigenvalue weighted by Crippen LogP contribution is -2.59. The Morgan fingerprint density at radius 1 is 1.26 bits per heavy atom. The first kappa shape index (κ1) is 25.2. The van der Waals surface area contributed by atoms with Crippen LogP contribution >= 0.6 is 11.3 Å². The van der Waals surface area contributed by atoms with Gasteiger partial charge < -0.3 is 25.4 Å². The highest BCUT2D eigenvalue weighted by Gasteiger charge is 2.52. The lowest BCUT2D eigenvalue weighted by atomic mass is 9.74. The number of nitrogen functional groups attached to an aromatic ring is 1. The van der Waals surface area contributed by atoms with Crippen LogP contribution in [0.5, 0.6) is 6.01 Å². The smallest absolute Gasteiger partial charge is 0.323 e. The van der Waals surface area contributed by atoms with Crippen molar-refractivity contribution >= 4 is 28.2 Å². The van der Waals surface area contributed by atoms with Gasteiger partial charge in [0.05, 0.1) is 23.2 Å². The van der Waals surface area contributed by atoms with Crippen LogP contribution in [0.3, 0.4) is 0 Å². The number of hydrogen-bond acceptors (Lipinski definition) is 11. The molecule has 2 aromatic heterocycles. The predicted molar refractivity (Wildman–Crippen MR) is 146 cm³/mol. The number of nitrogens with zero attached hydrogens (tertiary/aromatic N) is 7. The Balaban J connectivity index is 1.16. The van der Waals surface area contributed by atoms with Gasteiger partial charge in [0.1, 0.15) is 23.8 Å². The molecule has 12 heteroatoms. The molecule has 0 radical (unpaired) electrons. The minimum absolute atomic E-state index is 0.0637. The van der Waals surface area contributed by atoms with Gasteiger partial charge in [-0.25, -0.2) is 4.39 Å². The first-order valence-corrected chi connectivity index (χ1v) is 14.9. The van der Waals surface area contributed by atoms with E-state index in [1.807, 2.05) is 11.9 Å². The van der Waals surface area contributed by atoms with Crippen molar-refractivity contribution in [3.8, 4) is 12.1 Å². The fourth-order valence-corrected chi connectivity index (χ4v) is 8.97. The van der Waals surface area contributed by atoms with Crippen LogP contribution in [0.2, 0.25) is 0 Å². The molecule has 208 valence electrons. The number of nitrogens with two attached hydrogens (primary N) is 1. The molecule has 1 unspecified atom stereocenters. The number of ether oxygens (including phenoxy) is 1. The number of anilines is 3. The number of aryl methyl sites for hydroxylation is 1. The number of thiophene rings is 1. The second kappa shape index (κ2) is 9.14. The van der Waals surface area contributed by atoms with Gasteiger partial charge in [-0.3, -0.25) is 4.90 Å². The molecule has 3 aliphatic heterocycles. The lowest BCUT2D eigenvalue weighted by Gasteiger charge is -2.48. The summed E-state index contributed by atoms with van der Waals surface area (Å²) in [6, 6.07) is 2.51. The molecular formula is C27H35FN8O2S. The van der Waals surface area contributed by atoms with Crippen LogP contribution in [-0.4, -0.2) is 88.6 Å². The number of fused-ring (bicyclic) bond motifs is 3. The second-order valence-corrected chi connectivity index (χ2v) is 13.3. The minimum Gasteiger partial charge on any atom is -0.461 e. The molecule has 2 aliphatic carbocycles. The summed E-state index contributed by atoms with van der Waals surface area (Å²) in [7, 11) is 1.92. The molecule has 0 amide bonds. The summed E-state index contributed by atoms with van der Waals surface area (Å²) in [5.74, 6) is 1.01. The van der Waals surface area contributed by atoms with Gasteiger partial charge >= 0.3 is 6.01 Å². The predicted octanol–water partition coefficient (Wildman–Crippen LogP) is 2.40. The Morgan fingerprint density at radius 2 is 2.10 bits per heavy atom. The van der Waals surface area contributed by atoms with Crippen molar-refractivity contribution < 1.29 is 14.2 Å². The molecule has 3 N–H and O–H groups in total. The molecule has 0 aromatic carbocycles. The quantitative estimate of drug-likeness (QED) is 0.549. The maximum absolute atomic E-state index is 14.3. The second-order valence-electron chi connectivity index (χ2n) is 12.1. The van der Waals surface area contributed by atoms with Gasteiger partial charge in [-0.1, -0.05) is 0 Å². The Labute approximate surface area is 231 Å². The number of aromatic nitrogens is 3. The molecule has 1 saturated carbocycles. The van der Waals surface area contributed by atoms with Crippen LogP contribution in [0.15, 0.2) is 0 Å². The van der Waals surface area contributed by atoms with E-state index in [-0.39, 0.29) is 23.0 Å². The maximum Gasteiger partial charge on any atom is 0.323 e. The van der Waals surface area contributed by atoms with Crippen molar-refractivity contribution in [3.05, 3.63) is 16.0 Å². The molecule has 0 bridgehead atoms. The Kier molecular flexibility index (Phi) is 5.92. The first-order chi connectivity index (χ1) is 18.8. The highest BCUT2D eigenvalue weighted by molar-refractivity contribution is 7.16. The summed E-state index contributed by atoms with van der Waals surface area (Å²) >= 11 is 1.54. The molecular weight excluding hydrogens is 519 g/mol. The largest absolute Gasteiger partial charge is 0.461 e. The number of rotatable bonds is 6. The number of hydrogen-bond donors (Lipinski definition) is 2. The van der Waals surface area contributed by atoms with E-state index >= 15 is 0 Å². The average Bonchev–Trinajstić information content (AvgIpc) is 3.68. The van der Waals surface area contributed by atoms with E-state index < -0.39 is 12.3 Å². The Hall–Kier alpha value is -2.75. The molecule has 1 spiro atoms. The molecule has 5 heterocycles. The van der Waals surface area contributed by atoms with E-state index in [4.69, 9.17) is 20.4 Å². The summed E-state index contributed by atoms with van der Waals surface area (Å²) in [5, 5.41) is 20.9. The van der Waals surface area contributed by atoms with E-state index in [9.17, 15) is 14.8 Å². The van der Waals surface area contributed by atoms with Crippen LogP contribution in [0, 0.1) is 11.3 Å². The van der Waals surface area contributed by atoms with Gasteiger partial charge in [0, 0.05) is 43.4 Å². The van der Waals surface area contributed by atoms with Gasteiger partial charge in [-0.05, 0) is 57.1 Å². The van der Waals surface area contributed by atoms with Crippen LogP contribution in [-0.2, 0) is 11.8 Å². The summed E-state index contributed by atoms with van der Waals surface area (Å²) < 4.78 is 20.6. The summed E-state index contributed by atoms with van der Waals surface area (Å²) in [6.07, 6.45) is 5.70. The third-order valence-electron chi connectivity index (χ3n) is 9.83. The zero-order valence-corrected chi connectivity index (χ0v) is 23.1. The molecule has 7 rings (SSSR count). The Bertz CT molecular complexity index is 1330. The highest BCUT2D eigenvalue weighted by atomic mass is 32.1. The van der Waals surface area contributed by atoms with Gasteiger partial charge in [-0.15, -0.1) is 11.3 Å². The van der Waals surface area contributed by atoms with Crippen LogP contribution in [0.4, 0.5) is 21.3 Å². The van der Waals surface area contributed by atoms with Gasteiger partial charge in [0.15, 0.2) is 0 Å². The van der Waals surface area contributed by atoms with Gasteiger partial charge in [-0.2, -0.15) is 20.2 Å². The van der Waals surface area contributed by atoms with Crippen LogP contribution in [0.1, 0.15) is 60.9 Å². The number of aliphatic hydroxyl groups excluding tert-OH is 1. The van der Waals surface area contributed by atoms with E-state index in [1.54, 1.807) is 0 Å². The van der Waals surface area contributed by atoms with Gasteiger partial charge in [0.2, 0.25) is 11.9 Å². The zero-order chi connectivity index (χ0) is 26.9. The third-order valence-corrected chi connectivity index (χ3v) is 10.9. The molecule has 39 heavy (non-hydrogen) atoms. The van der Waals surface area contributed by atoms with Crippen molar-refractivity contribution in [2.45, 2.75) is 80.6 Å². The number of alkyl halides is 1. The SMILES string of the molecule is CN(c1nc(OC[C@@]23CCCN2CC(F)C3)nc(N2CC3(CCc4sc(N)c(C#N)c43)C2)n1)[C@@H]1CCC[C@@H]1O. The molecule has 4 atom stereocenters. The lowest BCUT2D eigenvalue weighted by molar-refractivity contribution is 0.107. The number of halogens is 1. The Morgan fingerprint density at radius 3 is 2.87 bits per heavy atom. The molecule has 2 aromatic rings. The molecule has 10 nitrogen and oxygen atoms in total. The fraction of sp³-hybridized carbons (Fsp3) is 0.704. The minimum atomic E-state index is -0.827. The topological polar surface area (TPSA) is 128 Å². The number of likely N-dealkylation sites (N-methyl/N-ethyl adjacent to an activating group) is 1. The maximum atomic E-state index is 14.3. The first-order valence-electron chi connectivity index (χ1n) is 14.1. The van der Waals surface area contributed by atoms with Crippen LogP contribution in [0.25, 0.3) is 0 Å². The average molecular weight is 555 g/mol. The van der Waals surface area contributed by atoms with E-state index in [0.29, 0.717) is 55.1 Å². The van der Waals surface area contributed by atoms with Gasteiger partial charge in [0.25, 0.3) is 0 Å². The summed E-state index contributed by atoms with van der Waals surface area (Å²) in [4.78, 5) is 21.7. The third kappa shape index (κ3) is 3.96. The monoisotopic (exact) mass is 554 g/mol. The summed E-state index contributed by atoms with van der Waals surface area (Å²) in [6.45, 7) is 3.11. The van der Waals surface area contributed by atoms with Crippen molar-refractivity contribution in [1.82, 2.24) is 19.9 Å². The molecule has 4 fully saturated rings. The number of aliphatic hydroxyl groups is 1. The van der Waals surface area contributed by atoms with E-state index in [2.05, 4.69) is 20.9 Å². The zero-order valence-electron chi connectivity index (χ0n) is 22.3. The highest BCUT2D eigenvalue weighted by Crippen LogP contribution is 2.52. The number of nitriles is 1. The van der Waals surface area contributed by atoms with E-state index in [0.717, 1.165) is 57.1 Å². The summed E-state index contributed by atoms with van der Waals surface area (Å²) in [5.41, 5.74) is 7.50. The molecule has 5 aliphatic rings. The van der Waals surface area contributed by atoms with Crippen molar-refractivity contribution in [2.24, 2.45) is 0 Å². The van der Waals surface area contributed by atoms with Crippen LogP contribution < -0.4 is 20.3 Å². The van der Waals surface area contributed by atoms with Crippen molar-refractivity contribution in [1.29, 1.82) is 5.26 Å². The van der Waals surface area contributed by atoms with Crippen molar-refractivity contribution in [2.75, 3.05) is 55.4 Å². The van der Waals surface area contributed by atoms with E-state index in [1.165, 1.54) is 16.2 Å². The normalized spacial score (nSPS) is 30.8.